The van der Waals surface area contributed by atoms with Crippen molar-refractivity contribution in [3.05, 3.63) is 59.9 Å². The van der Waals surface area contributed by atoms with Crippen molar-refractivity contribution in [2.45, 2.75) is 23.6 Å². The van der Waals surface area contributed by atoms with Crippen molar-refractivity contribution in [2.75, 3.05) is 17.8 Å². The number of aromatic nitrogens is 2. The van der Waals surface area contributed by atoms with Crippen molar-refractivity contribution >= 4 is 31.0 Å². The van der Waals surface area contributed by atoms with Gasteiger partial charge in [0.15, 0.2) is 19.7 Å². The molecule has 0 aliphatic carbocycles. The van der Waals surface area contributed by atoms with Crippen molar-refractivity contribution in [1.82, 2.24) is 9.78 Å². The molecule has 1 heterocycles. The zero-order chi connectivity index (χ0) is 20.7. The Labute approximate surface area is 164 Å². The quantitative estimate of drug-likeness (QED) is 0.683. The molecule has 2 aromatic carbocycles. The molecule has 148 valence electrons. The summed E-state index contributed by atoms with van der Waals surface area (Å²) in [6.07, 6.45) is 2.09. The molecule has 28 heavy (non-hydrogen) atoms. The second kappa shape index (κ2) is 7.06. The molecule has 0 atom stereocenters. The van der Waals surface area contributed by atoms with Gasteiger partial charge in [0.25, 0.3) is 0 Å². The van der Waals surface area contributed by atoms with Crippen LogP contribution in [0.25, 0.3) is 5.69 Å². The Morgan fingerprint density at radius 1 is 0.893 bits per heavy atom. The molecule has 0 saturated carbocycles. The highest BCUT2D eigenvalue weighted by Gasteiger charge is 2.20. The average Bonchev–Trinajstić information content (AvgIpc) is 2.89. The first-order valence-electron chi connectivity index (χ1n) is 8.41. The number of hydrogen-bond acceptors (Lipinski definition) is 6. The Kier molecular flexibility index (Phi) is 5.07. The van der Waals surface area contributed by atoms with Crippen molar-refractivity contribution in [1.29, 1.82) is 0 Å². The second-order valence-electron chi connectivity index (χ2n) is 6.62. The molecule has 3 rings (SSSR count). The molecule has 0 radical (unpaired) electrons. The highest BCUT2D eigenvalue weighted by Crippen LogP contribution is 2.31. The molecule has 1 aromatic heterocycles. The molecular formula is C19H21N3O4S2. The maximum Gasteiger partial charge on any atom is 0.177 e. The third-order valence-electron chi connectivity index (χ3n) is 4.33. The normalized spacial score (nSPS) is 12.1. The molecular weight excluding hydrogens is 398 g/mol. The van der Waals surface area contributed by atoms with E-state index in [0.717, 1.165) is 23.9 Å². The van der Waals surface area contributed by atoms with Crippen molar-refractivity contribution in [3.8, 4) is 5.69 Å². The molecule has 0 aliphatic heterocycles. The molecule has 0 unspecified atom stereocenters. The van der Waals surface area contributed by atoms with Crippen LogP contribution in [0.5, 0.6) is 0 Å². The van der Waals surface area contributed by atoms with Crippen molar-refractivity contribution in [2.24, 2.45) is 0 Å². The number of nitrogens with one attached hydrogen (secondary N) is 1. The van der Waals surface area contributed by atoms with Gasteiger partial charge in [0.05, 0.1) is 38.2 Å². The number of nitrogens with zero attached hydrogens (tertiary/aromatic N) is 2. The molecule has 0 fully saturated rings. The zero-order valence-corrected chi connectivity index (χ0v) is 17.6. The number of benzene rings is 2. The SMILES string of the molecule is Cc1nn(-c2ccccc2)c(C)c1Nc1ccc(S(C)(=O)=O)cc1S(C)(=O)=O. The van der Waals surface area contributed by atoms with Gasteiger partial charge >= 0.3 is 0 Å². The number of rotatable bonds is 5. The van der Waals surface area contributed by atoms with Gasteiger partial charge in [-0.05, 0) is 44.2 Å². The lowest BCUT2D eigenvalue weighted by Crippen LogP contribution is -2.07. The smallest absolute Gasteiger partial charge is 0.177 e. The zero-order valence-electron chi connectivity index (χ0n) is 16.0. The lowest BCUT2D eigenvalue weighted by Gasteiger charge is -2.13. The number of anilines is 2. The summed E-state index contributed by atoms with van der Waals surface area (Å²) in [7, 11) is -7.19. The Morgan fingerprint density at radius 2 is 1.54 bits per heavy atom. The highest BCUT2D eigenvalue weighted by atomic mass is 32.2. The minimum Gasteiger partial charge on any atom is -0.351 e. The largest absolute Gasteiger partial charge is 0.351 e. The highest BCUT2D eigenvalue weighted by molar-refractivity contribution is 7.91. The Hall–Kier alpha value is -2.65. The molecule has 0 bridgehead atoms. The summed E-state index contributed by atoms with van der Waals surface area (Å²) in [5, 5.41) is 7.66. The molecule has 0 spiro atoms. The molecule has 0 amide bonds. The maximum atomic E-state index is 12.3. The minimum absolute atomic E-state index is 0.0492. The summed E-state index contributed by atoms with van der Waals surface area (Å²) >= 11 is 0. The third-order valence-corrected chi connectivity index (χ3v) is 6.58. The van der Waals surface area contributed by atoms with Gasteiger partial charge in [-0.2, -0.15) is 5.10 Å². The van der Waals surface area contributed by atoms with Crippen LogP contribution in [0, 0.1) is 13.8 Å². The number of para-hydroxylation sites is 1. The van der Waals surface area contributed by atoms with E-state index >= 15 is 0 Å². The van der Waals surface area contributed by atoms with E-state index in [0.29, 0.717) is 17.1 Å². The van der Waals surface area contributed by atoms with Gasteiger partial charge in [0.1, 0.15) is 0 Å². The van der Waals surface area contributed by atoms with E-state index in [4.69, 9.17) is 0 Å². The summed E-state index contributed by atoms with van der Waals surface area (Å²) < 4.78 is 49.9. The second-order valence-corrected chi connectivity index (χ2v) is 10.6. The van der Waals surface area contributed by atoms with Gasteiger partial charge in [-0.25, -0.2) is 21.5 Å². The molecule has 3 aromatic rings. The monoisotopic (exact) mass is 419 g/mol. The number of sulfone groups is 2. The van der Waals surface area contributed by atoms with Gasteiger partial charge in [-0.3, -0.25) is 0 Å². The van der Waals surface area contributed by atoms with Crippen LogP contribution in [0.3, 0.4) is 0 Å². The average molecular weight is 420 g/mol. The van der Waals surface area contributed by atoms with E-state index in [1.54, 1.807) is 4.68 Å². The van der Waals surface area contributed by atoms with E-state index in [-0.39, 0.29) is 9.79 Å². The first-order chi connectivity index (χ1) is 13.0. The van der Waals surface area contributed by atoms with Crippen LogP contribution in [0.1, 0.15) is 11.4 Å². The first-order valence-corrected chi connectivity index (χ1v) is 12.2. The van der Waals surface area contributed by atoms with Gasteiger partial charge in [0, 0.05) is 12.5 Å². The molecule has 7 nitrogen and oxygen atoms in total. The van der Waals surface area contributed by atoms with E-state index in [9.17, 15) is 16.8 Å². The van der Waals surface area contributed by atoms with Crippen LogP contribution in [0.2, 0.25) is 0 Å². The third kappa shape index (κ3) is 3.95. The lowest BCUT2D eigenvalue weighted by atomic mass is 10.2. The van der Waals surface area contributed by atoms with Crippen LogP contribution in [-0.2, 0) is 19.7 Å². The lowest BCUT2D eigenvalue weighted by molar-refractivity contribution is 0.600. The van der Waals surface area contributed by atoms with Crippen LogP contribution >= 0.6 is 0 Å². The van der Waals surface area contributed by atoms with Gasteiger partial charge in [0.2, 0.25) is 0 Å². The topological polar surface area (TPSA) is 98.1 Å². The van der Waals surface area contributed by atoms with Gasteiger partial charge in [-0.15, -0.1) is 0 Å². The van der Waals surface area contributed by atoms with Crippen LogP contribution in [0.4, 0.5) is 11.4 Å². The Balaban J connectivity index is 2.11. The standard InChI is InChI=1S/C19H21N3O4S2/c1-13-19(14(2)22(21-13)15-8-6-5-7-9-15)20-17-11-10-16(27(3,23)24)12-18(17)28(4,25)26/h5-12,20H,1-4H3. The summed E-state index contributed by atoms with van der Waals surface area (Å²) in [5.41, 5.74) is 3.34. The summed E-state index contributed by atoms with van der Waals surface area (Å²) in [4.78, 5) is -0.131. The molecule has 0 saturated heterocycles. The first kappa shape index (κ1) is 20.1. The van der Waals surface area contributed by atoms with Gasteiger partial charge < -0.3 is 5.32 Å². The molecule has 0 aliphatic rings. The molecule has 9 heteroatoms. The molecule has 1 N–H and O–H groups in total. The van der Waals surface area contributed by atoms with Crippen LogP contribution in [-0.4, -0.2) is 39.1 Å². The fourth-order valence-corrected chi connectivity index (χ4v) is 4.50. The van der Waals surface area contributed by atoms with Crippen molar-refractivity contribution < 1.29 is 16.8 Å². The number of aryl methyl sites for hydroxylation is 1. The Bertz CT molecular complexity index is 1250. The van der Waals surface area contributed by atoms with E-state index < -0.39 is 19.7 Å². The summed E-state index contributed by atoms with van der Waals surface area (Å²) in [6, 6.07) is 13.6. The van der Waals surface area contributed by atoms with E-state index in [1.807, 2.05) is 44.2 Å². The van der Waals surface area contributed by atoms with Crippen molar-refractivity contribution in [3.63, 3.8) is 0 Å². The number of hydrogen-bond donors (Lipinski definition) is 1. The summed E-state index contributed by atoms with van der Waals surface area (Å²) in [5.74, 6) is 0. The van der Waals surface area contributed by atoms with Crippen LogP contribution in [0.15, 0.2) is 58.3 Å². The Morgan fingerprint density at radius 3 is 2.11 bits per heavy atom. The fourth-order valence-electron chi connectivity index (χ4n) is 2.92. The van der Waals surface area contributed by atoms with E-state index in [2.05, 4.69) is 10.4 Å². The van der Waals surface area contributed by atoms with Crippen LogP contribution < -0.4 is 5.32 Å². The predicted octanol–water partition coefficient (Wildman–Crippen LogP) is 3.04. The van der Waals surface area contributed by atoms with E-state index in [1.165, 1.54) is 18.2 Å². The van der Waals surface area contributed by atoms with Gasteiger partial charge in [-0.1, -0.05) is 18.2 Å². The summed E-state index contributed by atoms with van der Waals surface area (Å²) in [6.45, 7) is 3.69. The fraction of sp³-hybridized carbons (Fsp3) is 0.211. The minimum atomic E-state index is -3.66. The predicted molar refractivity (Wildman–Crippen MR) is 109 cm³/mol. The maximum absolute atomic E-state index is 12.3.